The van der Waals surface area contributed by atoms with E-state index >= 15 is 0 Å². The third-order valence-electron chi connectivity index (χ3n) is 2.90. The lowest BCUT2D eigenvalue weighted by atomic mass is 9.65. The van der Waals surface area contributed by atoms with E-state index in [0.717, 1.165) is 19.6 Å². The van der Waals surface area contributed by atoms with Gasteiger partial charge in [-0.2, -0.15) is 0 Å². The van der Waals surface area contributed by atoms with Crippen molar-refractivity contribution in [2.24, 2.45) is 17.8 Å². The van der Waals surface area contributed by atoms with E-state index in [0.29, 0.717) is 24.2 Å². The standard InChI is InChI=1S/C8H12O3/c9-8(10)2-5-1-6-3-11-4-7(5)6/h5-7H,1-4H2,(H,9,10)/t5?,6-,7-/m0/s1. The van der Waals surface area contributed by atoms with E-state index in [4.69, 9.17) is 9.84 Å². The molecule has 3 nitrogen and oxygen atoms in total. The summed E-state index contributed by atoms with van der Waals surface area (Å²) in [5, 5.41) is 8.53. The van der Waals surface area contributed by atoms with Gasteiger partial charge < -0.3 is 9.84 Å². The highest BCUT2D eigenvalue weighted by atomic mass is 16.5. The summed E-state index contributed by atoms with van der Waals surface area (Å²) in [6.07, 6.45) is 1.40. The number of carbonyl (C=O) groups is 1. The van der Waals surface area contributed by atoms with Crippen molar-refractivity contribution in [3.05, 3.63) is 0 Å². The topological polar surface area (TPSA) is 46.5 Å². The molecule has 0 aromatic carbocycles. The van der Waals surface area contributed by atoms with Gasteiger partial charge in [-0.3, -0.25) is 4.79 Å². The van der Waals surface area contributed by atoms with Crippen molar-refractivity contribution in [3.8, 4) is 0 Å². The molecular formula is C8H12O3. The third kappa shape index (κ3) is 1.13. The summed E-state index contributed by atoms with van der Waals surface area (Å²) in [5.74, 6) is 0.978. The minimum atomic E-state index is -0.666. The Hall–Kier alpha value is -0.570. The second-order valence-electron chi connectivity index (χ2n) is 3.56. The minimum Gasteiger partial charge on any atom is -0.481 e. The van der Waals surface area contributed by atoms with E-state index in [-0.39, 0.29) is 0 Å². The van der Waals surface area contributed by atoms with Gasteiger partial charge >= 0.3 is 5.97 Å². The SMILES string of the molecule is O=C(O)CC1C[C@H]2COC[C@@H]12. The lowest BCUT2D eigenvalue weighted by Gasteiger charge is -2.37. The molecule has 2 aliphatic rings. The summed E-state index contributed by atoms with van der Waals surface area (Å²) in [5.41, 5.74) is 0. The lowest BCUT2D eigenvalue weighted by molar-refractivity contribution is -0.140. The molecule has 1 saturated heterocycles. The molecular weight excluding hydrogens is 144 g/mol. The Bertz CT molecular complexity index is 178. The van der Waals surface area contributed by atoms with Crippen LogP contribution in [0.25, 0.3) is 0 Å². The highest BCUT2D eigenvalue weighted by molar-refractivity contribution is 5.67. The van der Waals surface area contributed by atoms with Crippen molar-refractivity contribution in [2.75, 3.05) is 13.2 Å². The molecule has 62 valence electrons. The third-order valence-corrected chi connectivity index (χ3v) is 2.90. The van der Waals surface area contributed by atoms with Crippen LogP contribution >= 0.6 is 0 Å². The minimum absolute atomic E-state index is 0.338. The summed E-state index contributed by atoms with van der Waals surface area (Å²) in [6, 6.07) is 0. The average Bonchev–Trinajstić information content (AvgIpc) is 2.26. The Labute approximate surface area is 65.4 Å². The Balaban J connectivity index is 1.85. The van der Waals surface area contributed by atoms with E-state index in [9.17, 15) is 4.79 Å². The zero-order valence-corrected chi connectivity index (χ0v) is 6.32. The number of carboxylic acids is 1. The Morgan fingerprint density at radius 2 is 2.36 bits per heavy atom. The van der Waals surface area contributed by atoms with Crippen LogP contribution in [0.1, 0.15) is 12.8 Å². The normalized spacial score (nSPS) is 41.3. The molecule has 2 rings (SSSR count). The molecule has 0 bridgehead atoms. The van der Waals surface area contributed by atoms with Crippen molar-refractivity contribution in [2.45, 2.75) is 12.8 Å². The number of rotatable bonds is 2. The molecule has 0 aromatic heterocycles. The van der Waals surface area contributed by atoms with E-state index in [1.807, 2.05) is 0 Å². The van der Waals surface area contributed by atoms with Crippen LogP contribution < -0.4 is 0 Å². The Morgan fingerprint density at radius 1 is 1.55 bits per heavy atom. The monoisotopic (exact) mass is 156 g/mol. The molecule has 11 heavy (non-hydrogen) atoms. The molecule has 1 N–H and O–H groups in total. The van der Waals surface area contributed by atoms with Crippen LogP contribution in [0.5, 0.6) is 0 Å². The summed E-state index contributed by atoms with van der Waals surface area (Å²) in [4.78, 5) is 10.4. The average molecular weight is 156 g/mol. The van der Waals surface area contributed by atoms with Gasteiger partial charge in [-0.25, -0.2) is 0 Å². The molecule has 2 fully saturated rings. The number of carboxylic acid groups (broad SMARTS) is 1. The maximum Gasteiger partial charge on any atom is 0.303 e. The molecule has 1 saturated carbocycles. The van der Waals surface area contributed by atoms with E-state index < -0.39 is 5.97 Å². The predicted octanol–water partition coefficient (Wildman–Crippen LogP) is 0.744. The van der Waals surface area contributed by atoms with Gasteiger partial charge in [0.05, 0.1) is 6.61 Å². The second-order valence-corrected chi connectivity index (χ2v) is 3.56. The molecule has 1 heterocycles. The van der Waals surface area contributed by atoms with Crippen LogP contribution in [-0.4, -0.2) is 24.3 Å². The molecule has 3 atom stereocenters. The highest BCUT2D eigenvalue weighted by Gasteiger charge is 2.45. The second kappa shape index (κ2) is 2.48. The Kier molecular flexibility index (Phi) is 1.60. The van der Waals surface area contributed by atoms with E-state index in [1.54, 1.807) is 0 Å². The number of fused-ring (bicyclic) bond motifs is 1. The molecule has 0 spiro atoms. The van der Waals surface area contributed by atoms with Gasteiger partial charge in [0.1, 0.15) is 0 Å². The summed E-state index contributed by atoms with van der Waals surface area (Å²) in [7, 11) is 0. The van der Waals surface area contributed by atoms with Crippen LogP contribution in [0.15, 0.2) is 0 Å². The molecule has 0 radical (unpaired) electrons. The van der Waals surface area contributed by atoms with Gasteiger partial charge in [-0.05, 0) is 24.2 Å². The fourth-order valence-corrected chi connectivity index (χ4v) is 2.21. The first kappa shape index (κ1) is 7.10. The van der Waals surface area contributed by atoms with Gasteiger partial charge in [0.15, 0.2) is 0 Å². The molecule has 1 unspecified atom stereocenters. The van der Waals surface area contributed by atoms with Crippen molar-refractivity contribution in [1.82, 2.24) is 0 Å². The summed E-state index contributed by atoms with van der Waals surface area (Å²) < 4.78 is 5.25. The quantitative estimate of drug-likeness (QED) is 0.641. The van der Waals surface area contributed by atoms with Gasteiger partial charge in [0, 0.05) is 13.0 Å². The van der Waals surface area contributed by atoms with Crippen molar-refractivity contribution in [1.29, 1.82) is 0 Å². The van der Waals surface area contributed by atoms with Crippen molar-refractivity contribution < 1.29 is 14.6 Å². The fraction of sp³-hybridized carbons (Fsp3) is 0.875. The maximum atomic E-state index is 10.4. The zero-order chi connectivity index (χ0) is 7.84. The first-order valence-corrected chi connectivity index (χ1v) is 4.07. The van der Waals surface area contributed by atoms with Crippen molar-refractivity contribution in [3.63, 3.8) is 0 Å². The fourth-order valence-electron chi connectivity index (χ4n) is 2.21. The highest BCUT2D eigenvalue weighted by Crippen LogP contribution is 2.46. The molecule has 0 aromatic rings. The molecule has 0 amide bonds. The van der Waals surface area contributed by atoms with Crippen LogP contribution in [0.4, 0.5) is 0 Å². The van der Waals surface area contributed by atoms with Gasteiger partial charge in [-0.1, -0.05) is 0 Å². The van der Waals surface area contributed by atoms with E-state index in [1.165, 1.54) is 0 Å². The Morgan fingerprint density at radius 3 is 3.00 bits per heavy atom. The van der Waals surface area contributed by atoms with Gasteiger partial charge in [0.2, 0.25) is 0 Å². The smallest absolute Gasteiger partial charge is 0.303 e. The summed E-state index contributed by atoms with van der Waals surface area (Å²) in [6.45, 7) is 1.66. The largest absolute Gasteiger partial charge is 0.481 e. The number of ether oxygens (including phenoxy) is 1. The van der Waals surface area contributed by atoms with Crippen molar-refractivity contribution >= 4 is 5.97 Å². The molecule has 3 heteroatoms. The molecule has 1 aliphatic carbocycles. The molecule has 1 aliphatic heterocycles. The number of aliphatic carboxylic acids is 1. The number of hydrogen-bond acceptors (Lipinski definition) is 2. The van der Waals surface area contributed by atoms with Crippen LogP contribution in [-0.2, 0) is 9.53 Å². The predicted molar refractivity (Wildman–Crippen MR) is 38.2 cm³/mol. The maximum absolute atomic E-state index is 10.4. The van der Waals surface area contributed by atoms with Gasteiger partial charge in [-0.15, -0.1) is 0 Å². The van der Waals surface area contributed by atoms with Crippen LogP contribution in [0.3, 0.4) is 0 Å². The van der Waals surface area contributed by atoms with Crippen LogP contribution in [0.2, 0.25) is 0 Å². The number of hydrogen-bond donors (Lipinski definition) is 1. The van der Waals surface area contributed by atoms with Gasteiger partial charge in [0.25, 0.3) is 0 Å². The van der Waals surface area contributed by atoms with E-state index in [2.05, 4.69) is 0 Å². The summed E-state index contributed by atoms with van der Waals surface area (Å²) >= 11 is 0. The first-order chi connectivity index (χ1) is 5.27. The van der Waals surface area contributed by atoms with Crippen LogP contribution in [0, 0.1) is 17.8 Å². The zero-order valence-electron chi connectivity index (χ0n) is 6.32. The lowest BCUT2D eigenvalue weighted by Crippen LogP contribution is -2.36. The first-order valence-electron chi connectivity index (χ1n) is 4.07.